The molecule has 1 saturated carbocycles. The standard InChI is InChI=1S/C13H17FO/c1-8(2)12-7-10(14)6-9(3)13(12)15-11-4-5-11/h6-8,11H,4-5H2,1-3H3. The lowest BCUT2D eigenvalue weighted by atomic mass is 9.99. The third-order valence-electron chi connectivity index (χ3n) is 2.70. The van der Waals surface area contributed by atoms with Gasteiger partial charge < -0.3 is 4.74 Å². The molecule has 0 spiro atoms. The summed E-state index contributed by atoms with van der Waals surface area (Å²) in [6.07, 6.45) is 2.63. The summed E-state index contributed by atoms with van der Waals surface area (Å²) in [6.45, 7) is 6.04. The SMILES string of the molecule is Cc1cc(F)cc(C(C)C)c1OC1CC1. The number of hydrogen-bond donors (Lipinski definition) is 0. The van der Waals surface area contributed by atoms with Crippen molar-refractivity contribution in [2.75, 3.05) is 0 Å². The number of halogens is 1. The van der Waals surface area contributed by atoms with Crippen molar-refractivity contribution in [2.45, 2.75) is 45.6 Å². The Morgan fingerprint density at radius 1 is 1.33 bits per heavy atom. The Morgan fingerprint density at radius 3 is 2.53 bits per heavy atom. The molecule has 0 amide bonds. The first-order valence-electron chi connectivity index (χ1n) is 5.54. The molecule has 1 aliphatic rings. The van der Waals surface area contributed by atoms with Crippen molar-refractivity contribution in [3.05, 3.63) is 29.1 Å². The first-order chi connectivity index (χ1) is 7.08. The Morgan fingerprint density at radius 2 is 2.00 bits per heavy atom. The third-order valence-corrected chi connectivity index (χ3v) is 2.70. The van der Waals surface area contributed by atoms with E-state index in [1.54, 1.807) is 12.1 Å². The van der Waals surface area contributed by atoms with Crippen LogP contribution in [-0.2, 0) is 0 Å². The first kappa shape index (κ1) is 10.5. The van der Waals surface area contributed by atoms with Gasteiger partial charge in [-0.3, -0.25) is 0 Å². The molecule has 1 nitrogen and oxygen atoms in total. The summed E-state index contributed by atoms with van der Waals surface area (Å²) < 4.78 is 19.1. The van der Waals surface area contributed by atoms with Gasteiger partial charge in [0.05, 0.1) is 6.10 Å². The van der Waals surface area contributed by atoms with Gasteiger partial charge in [0.15, 0.2) is 0 Å². The molecule has 0 N–H and O–H groups in total. The quantitative estimate of drug-likeness (QED) is 0.734. The fraction of sp³-hybridized carbons (Fsp3) is 0.538. The second-order valence-corrected chi connectivity index (χ2v) is 4.61. The van der Waals surface area contributed by atoms with E-state index in [9.17, 15) is 4.39 Å². The van der Waals surface area contributed by atoms with Gasteiger partial charge in [0.2, 0.25) is 0 Å². The molecule has 0 aromatic heterocycles. The predicted octanol–water partition coefficient (Wildman–Crippen LogP) is 3.80. The van der Waals surface area contributed by atoms with Gasteiger partial charge in [0.1, 0.15) is 11.6 Å². The van der Waals surface area contributed by atoms with Crippen molar-refractivity contribution in [2.24, 2.45) is 0 Å². The van der Waals surface area contributed by atoms with Crippen LogP contribution < -0.4 is 4.74 Å². The highest BCUT2D eigenvalue weighted by atomic mass is 19.1. The van der Waals surface area contributed by atoms with Crippen molar-refractivity contribution in [1.82, 2.24) is 0 Å². The highest BCUT2D eigenvalue weighted by Gasteiger charge is 2.26. The molecule has 0 bridgehead atoms. The minimum absolute atomic E-state index is 0.167. The average Bonchev–Trinajstić information content (AvgIpc) is 2.92. The average molecular weight is 208 g/mol. The summed E-state index contributed by atoms with van der Waals surface area (Å²) in [4.78, 5) is 0. The van der Waals surface area contributed by atoms with Crippen molar-refractivity contribution in [1.29, 1.82) is 0 Å². The molecular formula is C13H17FO. The van der Waals surface area contributed by atoms with Crippen LogP contribution in [-0.4, -0.2) is 6.10 Å². The molecule has 82 valence electrons. The largest absolute Gasteiger partial charge is 0.490 e. The highest BCUT2D eigenvalue weighted by Crippen LogP contribution is 2.35. The van der Waals surface area contributed by atoms with E-state index in [0.29, 0.717) is 12.0 Å². The zero-order valence-corrected chi connectivity index (χ0v) is 9.51. The van der Waals surface area contributed by atoms with Gasteiger partial charge in [-0.1, -0.05) is 13.8 Å². The van der Waals surface area contributed by atoms with E-state index < -0.39 is 0 Å². The van der Waals surface area contributed by atoms with Gasteiger partial charge >= 0.3 is 0 Å². The molecule has 1 aromatic carbocycles. The van der Waals surface area contributed by atoms with E-state index in [-0.39, 0.29) is 5.82 Å². The van der Waals surface area contributed by atoms with Gasteiger partial charge in [0.25, 0.3) is 0 Å². The second-order valence-electron chi connectivity index (χ2n) is 4.61. The van der Waals surface area contributed by atoms with E-state index in [4.69, 9.17) is 4.74 Å². The number of aryl methyl sites for hydroxylation is 1. The summed E-state index contributed by atoms with van der Waals surface area (Å²) in [5.41, 5.74) is 1.89. The van der Waals surface area contributed by atoms with Gasteiger partial charge in [-0.2, -0.15) is 0 Å². The summed E-state index contributed by atoms with van der Waals surface area (Å²) in [5.74, 6) is 1.03. The monoisotopic (exact) mass is 208 g/mol. The van der Waals surface area contributed by atoms with E-state index in [1.807, 2.05) is 6.92 Å². The van der Waals surface area contributed by atoms with Crippen LogP contribution in [0.4, 0.5) is 4.39 Å². The molecule has 1 aromatic rings. The van der Waals surface area contributed by atoms with Crippen molar-refractivity contribution >= 4 is 0 Å². The first-order valence-corrected chi connectivity index (χ1v) is 5.54. The fourth-order valence-corrected chi connectivity index (χ4v) is 1.70. The molecule has 0 heterocycles. The summed E-state index contributed by atoms with van der Waals surface area (Å²) >= 11 is 0. The minimum atomic E-state index is -0.167. The molecule has 0 unspecified atom stereocenters. The Hall–Kier alpha value is -1.05. The Kier molecular flexibility index (Phi) is 2.68. The minimum Gasteiger partial charge on any atom is -0.490 e. The molecule has 0 atom stereocenters. The van der Waals surface area contributed by atoms with Crippen LogP contribution >= 0.6 is 0 Å². The second kappa shape index (κ2) is 3.84. The molecular weight excluding hydrogens is 191 g/mol. The molecule has 1 aliphatic carbocycles. The van der Waals surface area contributed by atoms with Crippen LogP contribution in [0.2, 0.25) is 0 Å². The maximum atomic E-state index is 13.3. The van der Waals surface area contributed by atoms with E-state index >= 15 is 0 Å². The molecule has 0 saturated heterocycles. The zero-order chi connectivity index (χ0) is 11.0. The fourth-order valence-electron chi connectivity index (χ4n) is 1.70. The van der Waals surface area contributed by atoms with Crippen LogP contribution in [0.1, 0.15) is 43.7 Å². The third kappa shape index (κ3) is 2.31. The topological polar surface area (TPSA) is 9.23 Å². The molecule has 0 aliphatic heterocycles. The summed E-state index contributed by atoms with van der Waals surface area (Å²) in [5, 5.41) is 0. The molecule has 0 radical (unpaired) electrons. The molecule has 15 heavy (non-hydrogen) atoms. The van der Waals surface area contributed by atoms with Gasteiger partial charge in [-0.15, -0.1) is 0 Å². The highest BCUT2D eigenvalue weighted by molar-refractivity contribution is 5.43. The number of ether oxygens (including phenoxy) is 1. The lowest BCUT2D eigenvalue weighted by Gasteiger charge is -2.16. The van der Waals surface area contributed by atoms with Gasteiger partial charge in [-0.25, -0.2) is 4.39 Å². The van der Waals surface area contributed by atoms with E-state index in [1.165, 1.54) is 0 Å². The van der Waals surface area contributed by atoms with Crippen LogP contribution in [0.5, 0.6) is 5.75 Å². The van der Waals surface area contributed by atoms with E-state index in [0.717, 1.165) is 29.7 Å². The maximum Gasteiger partial charge on any atom is 0.126 e. The number of hydrogen-bond acceptors (Lipinski definition) is 1. The number of rotatable bonds is 3. The summed E-state index contributed by atoms with van der Waals surface area (Å²) in [6, 6.07) is 3.14. The molecule has 2 heteroatoms. The number of benzene rings is 1. The lowest BCUT2D eigenvalue weighted by molar-refractivity contribution is 0.296. The Balaban J connectivity index is 2.38. The van der Waals surface area contributed by atoms with Crippen molar-refractivity contribution in [3.63, 3.8) is 0 Å². The lowest BCUT2D eigenvalue weighted by Crippen LogP contribution is -2.03. The van der Waals surface area contributed by atoms with E-state index in [2.05, 4.69) is 13.8 Å². The zero-order valence-electron chi connectivity index (χ0n) is 9.51. The summed E-state index contributed by atoms with van der Waals surface area (Å²) in [7, 11) is 0. The predicted molar refractivity (Wildman–Crippen MR) is 58.9 cm³/mol. The van der Waals surface area contributed by atoms with Crippen LogP contribution in [0, 0.1) is 12.7 Å². The molecule has 2 rings (SSSR count). The Bertz CT molecular complexity index is 367. The van der Waals surface area contributed by atoms with Crippen molar-refractivity contribution < 1.29 is 9.13 Å². The van der Waals surface area contributed by atoms with Crippen LogP contribution in [0.25, 0.3) is 0 Å². The van der Waals surface area contributed by atoms with Crippen LogP contribution in [0.15, 0.2) is 12.1 Å². The normalized spacial score (nSPS) is 15.8. The van der Waals surface area contributed by atoms with Crippen molar-refractivity contribution in [3.8, 4) is 5.75 Å². The van der Waals surface area contributed by atoms with Gasteiger partial charge in [0, 0.05) is 0 Å². The smallest absolute Gasteiger partial charge is 0.126 e. The maximum absolute atomic E-state index is 13.3. The molecule has 1 fully saturated rings. The Labute approximate surface area is 90.3 Å². The van der Waals surface area contributed by atoms with Crippen LogP contribution in [0.3, 0.4) is 0 Å². The van der Waals surface area contributed by atoms with Gasteiger partial charge in [-0.05, 0) is 48.9 Å².